The zero-order valence-electron chi connectivity index (χ0n) is 16.5. The number of nitrogens with zero attached hydrogens (tertiary/aromatic N) is 1. The number of nitriles is 1. The molecule has 0 amide bonds. The van der Waals surface area contributed by atoms with Gasteiger partial charge < -0.3 is 5.11 Å². The third-order valence-electron chi connectivity index (χ3n) is 5.41. The average molecular weight is 578 g/mol. The van der Waals surface area contributed by atoms with Crippen LogP contribution in [0.1, 0.15) is 36.4 Å². The van der Waals surface area contributed by atoms with E-state index in [0.717, 1.165) is 24.3 Å². The van der Waals surface area contributed by atoms with Crippen molar-refractivity contribution in [2.24, 2.45) is 5.41 Å². The van der Waals surface area contributed by atoms with Gasteiger partial charge in [0.05, 0.1) is 26.5 Å². The molecule has 2 N–H and O–H groups in total. The smallest absolute Gasteiger partial charge is 0.407 e. The first-order chi connectivity index (χ1) is 14.9. The zero-order valence-corrected chi connectivity index (χ0v) is 19.7. The number of nitrogens with one attached hydrogen (secondary N) is 1. The minimum atomic E-state index is -4.75. The van der Waals surface area contributed by atoms with E-state index in [0.29, 0.717) is 27.4 Å². The van der Waals surface area contributed by atoms with Gasteiger partial charge >= 0.3 is 6.18 Å². The zero-order chi connectivity index (χ0) is 23.7. The lowest BCUT2D eigenvalue weighted by atomic mass is 9.92. The van der Waals surface area contributed by atoms with E-state index in [1.54, 1.807) is 0 Å². The van der Waals surface area contributed by atoms with Crippen molar-refractivity contribution >= 4 is 37.6 Å². The van der Waals surface area contributed by atoms with Crippen LogP contribution in [-0.2, 0) is 11.2 Å². The number of phenolic OH excluding ortho intramolecular Hbond substituents is 1. The van der Waals surface area contributed by atoms with Gasteiger partial charge in [-0.05, 0) is 86.5 Å². The van der Waals surface area contributed by atoms with E-state index in [1.807, 2.05) is 0 Å². The summed E-state index contributed by atoms with van der Waals surface area (Å²) in [5.41, 5.74) is -0.558. The fourth-order valence-electron chi connectivity index (χ4n) is 3.41. The Bertz CT molecular complexity index is 1020. The van der Waals surface area contributed by atoms with Crippen LogP contribution in [0.25, 0.3) is 0 Å². The highest BCUT2D eigenvalue weighted by atomic mass is 79.9. The minimum Gasteiger partial charge on any atom is -0.506 e. The molecule has 0 unspecified atom stereocenters. The molecule has 1 aliphatic rings. The monoisotopic (exact) mass is 576 g/mol. The van der Waals surface area contributed by atoms with Crippen molar-refractivity contribution < 1.29 is 27.5 Å². The maximum Gasteiger partial charge on any atom is 0.407 e. The molecule has 0 aliphatic heterocycles. The molecule has 0 radical (unpaired) electrons. The molecular weight excluding hydrogens is 560 g/mol. The number of ketones is 1. The highest BCUT2D eigenvalue weighted by Gasteiger charge is 2.47. The standard InChI is InChI=1S/C22H18Br2F4N2O2/c23-15-7-12(8-16(24)19(15)32)9-17(18(31)10-21(11-29)5-6-21)30-20(22(26,27)28)13-1-3-14(25)4-2-13/h1-4,7-8,17,20,30,32H,5-6,9-10H2/t17-,20-/m0/s1. The number of carbonyl (C=O) groups is 1. The van der Waals surface area contributed by atoms with Gasteiger partial charge in [-0.25, -0.2) is 4.39 Å². The maximum atomic E-state index is 13.9. The minimum absolute atomic E-state index is 0.0783. The third kappa shape index (κ3) is 5.88. The molecule has 2 aromatic carbocycles. The van der Waals surface area contributed by atoms with Gasteiger partial charge in [0.15, 0.2) is 5.78 Å². The number of alkyl halides is 3. The molecule has 0 aromatic heterocycles. The number of aromatic hydroxyl groups is 1. The summed E-state index contributed by atoms with van der Waals surface area (Å²) in [5, 5.41) is 21.6. The predicted molar refractivity (Wildman–Crippen MR) is 116 cm³/mol. The Kier molecular flexibility index (Phi) is 7.32. The summed E-state index contributed by atoms with van der Waals surface area (Å²) in [5.74, 6) is -1.27. The molecule has 0 saturated heterocycles. The first-order valence-corrected chi connectivity index (χ1v) is 11.2. The molecule has 0 spiro atoms. The van der Waals surface area contributed by atoms with E-state index < -0.39 is 35.3 Å². The SMILES string of the molecule is N#CC1(CC(=O)[C@H](Cc2cc(Br)c(O)c(Br)c2)N[C@@H](c2ccc(F)cc2)C(F)(F)F)CC1. The van der Waals surface area contributed by atoms with Crippen LogP contribution >= 0.6 is 31.9 Å². The number of phenols is 1. The lowest BCUT2D eigenvalue weighted by Crippen LogP contribution is -2.46. The van der Waals surface area contributed by atoms with Crippen molar-refractivity contribution in [2.45, 2.75) is 43.9 Å². The lowest BCUT2D eigenvalue weighted by molar-refractivity contribution is -0.160. The molecule has 1 aliphatic carbocycles. The molecule has 10 heteroatoms. The summed E-state index contributed by atoms with van der Waals surface area (Å²) < 4.78 is 55.6. The van der Waals surface area contributed by atoms with E-state index in [-0.39, 0.29) is 24.2 Å². The molecule has 2 aromatic rings. The van der Waals surface area contributed by atoms with Crippen molar-refractivity contribution in [3.63, 3.8) is 0 Å². The Morgan fingerprint density at radius 3 is 2.22 bits per heavy atom. The van der Waals surface area contributed by atoms with Crippen LogP contribution in [0.3, 0.4) is 0 Å². The molecule has 2 atom stereocenters. The van der Waals surface area contributed by atoms with E-state index in [2.05, 4.69) is 43.2 Å². The molecular formula is C22H18Br2F4N2O2. The van der Waals surface area contributed by atoms with Gasteiger partial charge in [0.2, 0.25) is 0 Å². The van der Waals surface area contributed by atoms with Gasteiger partial charge in [-0.3, -0.25) is 10.1 Å². The van der Waals surface area contributed by atoms with Crippen LogP contribution in [-0.4, -0.2) is 23.1 Å². The second-order valence-electron chi connectivity index (χ2n) is 7.89. The average Bonchev–Trinajstić information content (AvgIpc) is 3.49. The van der Waals surface area contributed by atoms with Crippen LogP contribution < -0.4 is 5.32 Å². The van der Waals surface area contributed by atoms with E-state index in [9.17, 15) is 32.7 Å². The molecule has 1 fully saturated rings. The lowest BCUT2D eigenvalue weighted by Gasteiger charge is -2.28. The summed E-state index contributed by atoms with van der Waals surface area (Å²) in [6.45, 7) is 0. The van der Waals surface area contributed by atoms with Gasteiger partial charge in [0.25, 0.3) is 0 Å². The number of benzene rings is 2. The van der Waals surface area contributed by atoms with Crippen molar-refractivity contribution in [3.8, 4) is 11.8 Å². The summed E-state index contributed by atoms with van der Waals surface area (Å²) >= 11 is 6.35. The molecule has 3 rings (SSSR count). The first-order valence-electron chi connectivity index (χ1n) is 9.63. The number of hydrogen-bond donors (Lipinski definition) is 2. The molecule has 1 saturated carbocycles. The van der Waals surface area contributed by atoms with Crippen LogP contribution in [0.5, 0.6) is 5.75 Å². The number of hydrogen-bond acceptors (Lipinski definition) is 4. The van der Waals surface area contributed by atoms with E-state index >= 15 is 0 Å². The second-order valence-corrected chi connectivity index (χ2v) is 9.60. The van der Waals surface area contributed by atoms with Gasteiger partial charge in [-0.2, -0.15) is 18.4 Å². The predicted octanol–water partition coefficient (Wildman–Crippen LogP) is 6.12. The third-order valence-corrected chi connectivity index (χ3v) is 6.62. The van der Waals surface area contributed by atoms with Crippen LogP contribution in [0.4, 0.5) is 17.6 Å². The summed E-state index contributed by atoms with van der Waals surface area (Å²) in [4.78, 5) is 13.0. The van der Waals surface area contributed by atoms with Crippen molar-refractivity contribution in [3.05, 3.63) is 62.3 Å². The number of carbonyl (C=O) groups excluding carboxylic acids is 1. The van der Waals surface area contributed by atoms with Gasteiger partial charge in [0, 0.05) is 6.42 Å². The maximum absolute atomic E-state index is 13.9. The Balaban J connectivity index is 1.94. The quantitative estimate of drug-likeness (QED) is 0.371. The van der Waals surface area contributed by atoms with Crippen LogP contribution in [0.15, 0.2) is 45.3 Å². The van der Waals surface area contributed by atoms with Crippen molar-refractivity contribution in [2.75, 3.05) is 0 Å². The first kappa shape index (κ1) is 24.7. The topological polar surface area (TPSA) is 73.1 Å². The Morgan fingerprint density at radius 2 is 1.75 bits per heavy atom. The van der Waals surface area contributed by atoms with E-state index in [4.69, 9.17) is 0 Å². The van der Waals surface area contributed by atoms with Crippen molar-refractivity contribution in [1.82, 2.24) is 5.32 Å². The van der Waals surface area contributed by atoms with Crippen LogP contribution in [0, 0.1) is 22.6 Å². The summed E-state index contributed by atoms with van der Waals surface area (Å²) in [7, 11) is 0. The second kappa shape index (κ2) is 9.49. The normalized spacial score (nSPS) is 16.8. The highest BCUT2D eigenvalue weighted by Crippen LogP contribution is 2.48. The molecule has 4 nitrogen and oxygen atoms in total. The summed E-state index contributed by atoms with van der Waals surface area (Å²) in [6, 6.07) is 5.54. The fraction of sp³-hybridized carbons (Fsp3) is 0.364. The van der Waals surface area contributed by atoms with Gasteiger partial charge in [-0.1, -0.05) is 12.1 Å². The van der Waals surface area contributed by atoms with Crippen LogP contribution in [0.2, 0.25) is 0 Å². The molecule has 170 valence electrons. The number of halogens is 6. The summed E-state index contributed by atoms with van der Waals surface area (Å²) in [6.07, 6.45) is -3.96. The Morgan fingerprint density at radius 1 is 1.19 bits per heavy atom. The fourth-order valence-corrected chi connectivity index (χ4v) is 4.69. The molecule has 0 bridgehead atoms. The molecule has 32 heavy (non-hydrogen) atoms. The van der Waals surface area contributed by atoms with Gasteiger partial charge in [0.1, 0.15) is 17.6 Å². The Labute approximate surface area is 198 Å². The number of rotatable bonds is 8. The Hall–Kier alpha value is -1.96. The van der Waals surface area contributed by atoms with E-state index in [1.165, 1.54) is 12.1 Å². The molecule has 0 heterocycles. The number of Topliss-reactive ketones (excluding diaryl/α,β-unsaturated/α-hetero) is 1. The van der Waals surface area contributed by atoms with Crippen molar-refractivity contribution in [1.29, 1.82) is 5.26 Å². The highest BCUT2D eigenvalue weighted by molar-refractivity contribution is 9.11. The van der Waals surface area contributed by atoms with Gasteiger partial charge in [-0.15, -0.1) is 0 Å². The largest absolute Gasteiger partial charge is 0.506 e.